The van der Waals surface area contributed by atoms with Gasteiger partial charge in [-0.25, -0.2) is 14.2 Å². The van der Waals surface area contributed by atoms with E-state index in [2.05, 4.69) is 20.6 Å². The molecule has 120 valence electrons. The highest BCUT2D eigenvalue weighted by atomic mass is 19.1. The SMILES string of the molecule is CC(NC(=O)Nc1ccc(F)cc1C#N)c1nc2ccccc2[nH]1. The van der Waals surface area contributed by atoms with E-state index in [4.69, 9.17) is 5.26 Å². The van der Waals surface area contributed by atoms with Crippen molar-refractivity contribution in [1.29, 1.82) is 5.26 Å². The van der Waals surface area contributed by atoms with Gasteiger partial charge in [0.25, 0.3) is 0 Å². The molecule has 24 heavy (non-hydrogen) atoms. The number of amides is 2. The molecule has 0 aliphatic carbocycles. The summed E-state index contributed by atoms with van der Waals surface area (Å²) in [7, 11) is 0. The van der Waals surface area contributed by atoms with Gasteiger partial charge < -0.3 is 15.6 Å². The van der Waals surface area contributed by atoms with Crippen molar-refractivity contribution in [2.45, 2.75) is 13.0 Å². The van der Waals surface area contributed by atoms with Crippen molar-refractivity contribution >= 4 is 22.8 Å². The van der Waals surface area contributed by atoms with Crippen molar-refractivity contribution in [2.24, 2.45) is 0 Å². The van der Waals surface area contributed by atoms with Crippen LogP contribution in [-0.2, 0) is 0 Å². The average molecular weight is 323 g/mol. The Labute approximate surface area is 137 Å². The summed E-state index contributed by atoms with van der Waals surface area (Å²) in [6.45, 7) is 1.78. The second-order valence-electron chi connectivity index (χ2n) is 5.26. The smallest absolute Gasteiger partial charge is 0.319 e. The van der Waals surface area contributed by atoms with E-state index >= 15 is 0 Å². The maximum Gasteiger partial charge on any atom is 0.319 e. The number of H-pyrrole nitrogens is 1. The summed E-state index contributed by atoms with van der Waals surface area (Å²) in [6, 6.07) is 12.1. The quantitative estimate of drug-likeness (QED) is 0.689. The Morgan fingerprint density at radius 1 is 1.33 bits per heavy atom. The number of nitrogens with one attached hydrogen (secondary N) is 3. The lowest BCUT2D eigenvalue weighted by molar-refractivity contribution is 0.249. The van der Waals surface area contributed by atoms with Gasteiger partial charge in [0.1, 0.15) is 17.7 Å². The Morgan fingerprint density at radius 3 is 2.88 bits per heavy atom. The molecule has 1 heterocycles. The summed E-state index contributed by atoms with van der Waals surface area (Å²) in [5, 5.41) is 14.3. The van der Waals surface area contributed by atoms with Gasteiger partial charge in [0.2, 0.25) is 0 Å². The lowest BCUT2D eigenvalue weighted by Crippen LogP contribution is -2.31. The van der Waals surface area contributed by atoms with Gasteiger partial charge in [-0.3, -0.25) is 0 Å². The molecular formula is C17H14FN5O. The molecule has 0 aliphatic heterocycles. The Bertz CT molecular complexity index is 911. The normalized spacial score (nSPS) is 11.7. The number of carbonyl (C=O) groups is 1. The zero-order valence-corrected chi connectivity index (χ0v) is 12.8. The minimum absolute atomic E-state index is 0.0570. The molecule has 1 unspecified atom stereocenters. The first-order chi connectivity index (χ1) is 11.6. The topological polar surface area (TPSA) is 93.6 Å². The molecule has 1 aromatic heterocycles. The fourth-order valence-corrected chi connectivity index (χ4v) is 2.32. The highest BCUT2D eigenvalue weighted by molar-refractivity contribution is 5.91. The molecule has 0 saturated heterocycles. The first kappa shape index (κ1) is 15.5. The molecule has 2 aromatic carbocycles. The predicted molar refractivity (Wildman–Crippen MR) is 87.8 cm³/mol. The first-order valence-electron chi connectivity index (χ1n) is 7.28. The predicted octanol–water partition coefficient (Wildman–Crippen LogP) is 3.46. The van der Waals surface area contributed by atoms with Crippen LogP contribution in [0.1, 0.15) is 24.4 Å². The Morgan fingerprint density at radius 2 is 2.12 bits per heavy atom. The second-order valence-corrected chi connectivity index (χ2v) is 5.26. The van der Waals surface area contributed by atoms with Gasteiger partial charge in [0.15, 0.2) is 0 Å². The van der Waals surface area contributed by atoms with Gasteiger partial charge in [0.05, 0.1) is 28.3 Å². The highest BCUT2D eigenvalue weighted by Crippen LogP contribution is 2.18. The fraction of sp³-hybridized carbons (Fsp3) is 0.118. The molecule has 0 radical (unpaired) electrons. The summed E-state index contributed by atoms with van der Waals surface area (Å²) >= 11 is 0. The number of hydrogen-bond acceptors (Lipinski definition) is 3. The van der Waals surface area contributed by atoms with Crippen LogP contribution in [0.2, 0.25) is 0 Å². The van der Waals surface area contributed by atoms with Crippen molar-refractivity contribution in [1.82, 2.24) is 15.3 Å². The lowest BCUT2D eigenvalue weighted by atomic mass is 10.2. The van der Waals surface area contributed by atoms with E-state index in [9.17, 15) is 9.18 Å². The van der Waals surface area contributed by atoms with Crippen LogP contribution in [0.5, 0.6) is 0 Å². The number of fused-ring (bicyclic) bond motifs is 1. The number of carbonyl (C=O) groups excluding carboxylic acids is 1. The number of para-hydroxylation sites is 2. The number of nitriles is 1. The van der Waals surface area contributed by atoms with Crippen LogP contribution in [-0.4, -0.2) is 16.0 Å². The van der Waals surface area contributed by atoms with Crippen molar-refractivity contribution < 1.29 is 9.18 Å². The largest absolute Gasteiger partial charge is 0.340 e. The number of anilines is 1. The molecule has 1 atom stereocenters. The van der Waals surface area contributed by atoms with Gasteiger partial charge in [0, 0.05) is 0 Å². The molecule has 0 saturated carbocycles. The number of aromatic amines is 1. The number of hydrogen-bond donors (Lipinski definition) is 3. The third-order valence-electron chi connectivity index (χ3n) is 3.52. The Balaban J connectivity index is 1.71. The van der Waals surface area contributed by atoms with E-state index in [-0.39, 0.29) is 17.3 Å². The maximum absolute atomic E-state index is 13.1. The lowest BCUT2D eigenvalue weighted by Gasteiger charge is -2.13. The molecule has 3 aromatic rings. The molecule has 0 fully saturated rings. The summed E-state index contributed by atoms with van der Waals surface area (Å²) in [4.78, 5) is 19.7. The molecule has 7 heteroatoms. The van der Waals surface area contributed by atoms with Crippen molar-refractivity contribution in [2.75, 3.05) is 5.32 Å². The Hall–Kier alpha value is -3.40. The van der Waals surface area contributed by atoms with Gasteiger partial charge in [-0.05, 0) is 37.3 Å². The molecule has 6 nitrogen and oxygen atoms in total. The molecule has 0 bridgehead atoms. The molecule has 0 spiro atoms. The summed E-state index contributed by atoms with van der Waals surface area (Å²) in [6.07, 6.45) is 0. The van der Waals surface area contributed by atoms with E-state index in [1.807, 2.05) is 30.3 Å². The molecule has 2 amide bonds. The van der Waals surface area contributed by atoms with Crippen molar-refractivity contribution in [3.05, 3.63) is 59.7 Å². The van der Waals surface area contributed by atoms with Crippen LogP contribution in [0, 0.1) is 17.1 Å². The van der Waals surface area contributed by atoms with E-state index in [1.165, 1.54) is 12.1 Å². The molecule has 0 aliphatic rings. The van der Waals surface area contributed by atoms with E-state index in [0.717, 1.165) is 17.1 Å². The van der Waals surface area contributed by atoms with Crippen LogP contribution in [0.15, 0.2) is 42.5 Å². The summed E-state index contributed by atoms with van der Waals surface area (Å²) in [5.74, 6) is 0.0825. The van der Waals surface area contributed by atoms with Gasteiger partial charge in [-0.1, -0.05) is 12.1 Å². The van der Waals surface area contributed by atoms with Crippen LogP contribution in [0.3, 0.4) is 0 Å². The maximum atomic E-state index is 13.1. The van der Waals surface area contributed by atoms with Crippen molar-refractivity contribution in [3.63, 3.8) is 0 Å². The second kappa shape index (κ2) is 6.38. The number of benzene rings is 2. The highest BCUT2D eigenvalue weighted by Gasteiger charge is 2.14. The van der Waals surface area contributed by atoms with Crippen molar-refractivity contribution in [3.8, 4) is 6.07 Å². The minimum atomic E-state index is -0.534. The number of imidazole rings is 1. The molecule has 3 rings (SSSR count). The number of nitrogens with zero attached hydrogens (tertiary/aromatic N) is 2. The van der Waals surface area contributed by atoms with Gasteiger partial charge in [-0.2, -0.15) is 5.26 Å². The van der Waals surface area contributed by atoms with E-state index < -0.39 is 11.8 Å². The number of aromatic nitrogens is 2. The summed E-state index contributed by atoms with van der Waals surface area (Å²) < 4.78 is 13.1. The third kappa shape index (κ3) is 3.17. The molecular weight excluding hydrogens is 309 g/mol. The zero-order valence-electron chi connectivity index (χ0n) is 12.8. The van der Waals surface area contributed by atoms with Crippen LogP contribution >= 0.6 is 0 Å². The minimum Gasteiger partial charge on any atom is -0.340 e. The summed E-state index contributed by atoms with van der Waals surface area (Å²) in [5.41, 5.74) is 1.99. The van der Waals surface area contributed by atoms with Crippen LogP contribution in [0.25, 0.3) is 11.0 Å². The zero-order chi connectivity index (χ0) is 17.1. The number of halogens is 1. The number of rotatable bonds is 3. The van der Waals surface area contributed by atoms with E-state index in [1.54, 1.807) is 6.92 Å². The standard InChI is InChI=1S/C17H14FN5O/c1-10(16-21-14-4-2-3-5-15(14)22-16)20-17(24)23-13-7-6-12(18)8-11(13)9-19/h2-8,10H,1H3,(H,21,22)(H2,20,23,24). The average Bonchev–Trinajstić information content (AvgIpc) is 3.00. The number of urea groups is 1. The fourth-order valence-electron chi connectivity index (χ4n) is 2.32. The third-order valence-corrected chi connectivity index (χ3v) is 3.52. The van der Waals surface area contributed by atoms with E-state index in [0.29, 0.717) is 5.82 Å². The first-order valence-corrected chi connectivity index (χ1v) is 7.28. The van der Waals surface area contributed by atoms with Gasteiger partial charge in [-0.15, -0.1) is 0 Å². The van der Waals surface area contributed by atoms with Crippen LogP contribution in [0.4, 0.5) is 14.9 Å². The molecule has 3 N–H and O–H groups in total. The Kier molecular flexibility index (Phi) is 4.12. The van der Waals surface area contributed by atoms with Gasteiger partial charge >= 0.3 is 6.03 Å². The monoisotopic (exact) mass is 323 g/mol. The van der Waals surface area contributed by atoms with Crippen LogP contribution < -0.4 is 10.6 Å².